The Bertz CT molecular complexity index is 1070. The van der Waals surface area contributed by atoms with Gasteiger partial charge in [0.1, 0.15) is 17.2 Å². The Morgan fingerprint density at radius 2 is 1.90 bits per heavy atom. The van der Waals surface area contributed by atoms with Crippen molar-refractivity contribution in [1.82, 2.24) is 10.3 Å². The van der Waals surface area contributed by atoms with Gasteiger partial charge in [-0.1, -0.05) is 13.0 Å². The number of nitro groups is 1. The molecule has 0 saturated heterocycles. The average molecular weight is 422 g/mol. The Kier molecular flexibility index (Phi) is 7.00. The van der Waals surface area contributed by atoms with Crippen molar-refractivity contribution in [3.8, 4) is 17.4 Å². The summed E-state index contributed by atoms with van der Waals surface area (Å²) in [6, 6.07) is 14.6. The van der Waals surface area contributed by atoms with E-state index < -0.39 is 10.8 Å². The number of anilines is 1. The lowest BCUT2D eigenvalue weighted by Gasteiger charge is -2.12. The Labute approximate surface area is 179 Å². The molecule has 3 rings (SSSR count). The quantitative estimate of drug-likeness (QED) is 0.302. The van der Waals surface area contributed by atoms with E-state index in [-0.39, 0.29) is 23.5 Å². The summed E-state index contributed by atoms with van der Waals surface area (Å²) in [6.07, 6.45) is 2.51. The number of pyridine rings is 1. The fraction of sp³-hybridized carbons (Fsp3) is 0.182. The molecule has 0 spiro atoms. The fourth-order valence-corrected chi connectivity index (χ4v) is 2.71. The van der Waals surface area contributed by atoms with Crippen LogP contribution in [0.5, 0.6) is 17.4 Å². The molecule has 3 aromatic rings. The van der Waals surface area contributed by atoms with Crippen LogP contribution in [0.1, 0.15) is 29.3 Å². The maximum atomic E-state index is 12.4. The minimum atomic E-state index is -0.627. The summed E-state index contributed by atoms with van der Waals surface area (Å²) in [5.41, 5.74) is 6.04. The molecular formula is C22H22N4O5. The highest BCUT2D eigenvalue weighted by molar-refractivity contribution is 5.95. The second kappa shape index (κ2) is 10.1. The summed E-state index contributed by atoms with van der Waals surface area (Å²) in [6.45, 7) is 2.80. The maximum absolute atomic E-state index is 12.4. The average Bonchev–Trinajstić information content (AvgIpc) is 2.78. The second-order valence-corrected chi connectivity index (χ2v) is 6.60. The number of benzene rings is 2. The molecule has 0 saturated carbocycles. The molecule has 0 aliphatic heterocycles. The first-order chi connectivity index (χ1) is 15.0. The standard InChI is InChI=1S/C22H22N4O5/c1-2-12-30-17-6-8-18(9-7-17)31-22-16(4-3-11-24-22)14-25-21(27)15-5-10-19(23)20(13-15)26(28)29/h3-11,13H,2,12,14,23H2,1H3,(H,25,27). The van der Waals surface area contributed by atoms with E-state index in [1.807, 2.05) is 19.1 Å². The number of carbonyl (C=O) groups excluding carboxylic acids is 1. The molecule has 2 aromatic carbocycles. The molecule has 3 N–H and O–H groups in total. The van der Waals surface area contributed by atoms with Gasteiger partial charge in [0.2, 0.25) is 5.88 Å². The van der Waals surface area contributed by atoms with Crippen molar-refractivity contribution >= 4 is 17.3 Å². The van der Waals surface area contributed by atoms with E-state index in [2.05, 4.69) is 10.3 Å². The number of carbonyl (C=O) groups is 1. The van der Waals surface area contributed by atoms with Crippen molar-refractivity contribution in [3.05, 3.63) is 82.0 Å². The predicted molar refractivity (Wildman–Crippen MR) is 115 cm³/mol. The van der Waals surface area contributed by atoms with Crippen LogP contribution in [0.3, 0.4) is 0 Å². The number of nitrogen functional groups attached to an aromatic ring is 1. The largest absolute Gasteiger partial charge is 0.494 e. The zero-order chi connectivity index (χ0) is 22.2. The molecule has 0 unspecified atom stereocenters. The van der Waals surface area contributed by atoms with Gasteiger partial charge in [0.25, 0.3) is 11.6 Å². The third-order valence-electron chi connectivity index (χ3n) is 4.29. The molecule has 9 heteroatoms. The summed E-state index contributed by atoms with van der Waals surface area (Å²) in [4.78, 5) is 27.1. The Hall–Kier alpha value is -4.14. The van der Waals surface area contributed by atoms with Crippen LogP contribution in [0.15, 0.2) is 60.8 Å². The van der Waals surface area contributed by atoms with Gasteiger partial charge in [0, 0.05) is 29.9 Å². The van der Waals surface area contributed by atoms with Gasteiger partial charge in [-0.3, -0.25) is 14.9 Å². The number of nitro benzene ring substituents is 1. The van der Waals surface area contributed by atoms with Gasteiger partial charge in [-0.15, -0.1) is 0 Å². The van der Waals surface area contributed by atoms with E-state index >= 15 is 0 Å². The molecular weight excluding hydrogens is 400 g/mol. The number of amides is 1. The molecule has 0 bridgehead atoms. The third-order valence-corrected chi connectivity index (χ3v) is 4.29. The number of hydrogen-bond acceptors (Lipinski definition) is 7. The monoisotopic (exact) mass is 422 g/mol. The lowest BCUT2D eigenvalue weighted by atomic mass is 10.1. The van der Waals surface area contributed by atoms with Gasteiger partial charge in [0.15, 0.2) is 0 Å². The van der Waals surface area contributed by atoms with Crippen LogP contribution in [-0.4, -0.2) is 22.4 Å². The number of aromatic nitrogens is 1. The molecule has 0 fully saturated rings. The number of nitrogens with one attached hydrogen (secondary N) is 1. The van der Waals surface area contributed by atoms with E-state index in [9.17, 15) is 14.9 Å². The van der Waals surface area contributed by atoms with Gasteiger partial charge in [-0.05, 0) is 48.9 Å². The Morgan fingerprint density at radius 1 is 1.16 bits per heavy atom. The topological polar surface area (TPSA) is 130 Å². The smallest absolute Gasteiger partial charge is 0.292 e. The Morgan fingerprint density at radius 3 is 2.61 bits per heavy atom. The van der Waals surface area contributed by atoms with Gasteiger partial charge in [0.05, 0.1) is 11.5 Å². The number of nitrogens with two attached hydrogens (primary N) is 1. The lowest BCUT2D eigenvalue weighted by molar-refractivity contribution is -0.383. The first-order valence-electron chi connectivity index (χ1n) is 9.64. The van der Waals surface area contributed by atoms with Crippen LogP contribution in [0, 0.1) is 10.1 Å². The number of rotatable bonds is 9. The molecule has 1 heterocycles. The molecule has 0 atom stereocenters. The van der Waals surface area contributed by atoms with Crippen molar-refractivity contribution < 1.29 is 19.2 Å². The van der Waals surface area contributed by atoms with Gasteiger partial charge in [-0.25, -0.2) is 4.98 Å². The summed E-state index contributed by atoms with van der Waals surface area (Å²) in [5.74, 6) is 1.19. The van der Waals surface area contributed by atoms with E-state index in [0.29, 0.717) is 23.8 Å². The molecule has 1 amide bonds. The zero-order valence-electron chi connectivity index (χ0n) is 16.9. The highest BCUT2D eigenvalue weighted by Gasteiger charge is 2.16. The van der Waals surface area contributed by atoms with Gasteiger partial charge in [-0.2, -0.15) is 0 Å². The Balaban J connectivity index is 1.67. The van der Waals surface area contributed by atoms with Crippen LogP contribution in [0.4, 0.5) is 11.4 Å². The summed E-state index contributed by atoms with van der Waals surface area (Å²) < 4.78 is 11.4. The molecule has 31 heavy (non-hydrogen) atoms. The van der Waals surface area contributed by atoms with Crippen LogP contribution < -0.4 is 20.5 Å². The van der Waals surface area contributed by atoms with Crippen LogP contribution in [0.2, 0.25) is 0 Å². The lowest BCUT2D eigenvalue weighted by Crippen LogP contribution is -2.23. The fourth-order valence-electron chi connectivity index (χ4n) is 2.71. The maximum Gasteiger partial charge on any atom is 0.292 e. The SMILES string of the molecule is CCCOc1ccc(Oc2ncccc2CNC(=O)c2ccc(N)c([N+](=O)[O-])c2)cc1. The van der Waals surface area contributed by atoms with Crippen molar-refractivity contribution in [2.24, 2.45) is 0 Å². The van der Waals surface area contributed by atoms with Crippen molar-refractivity contribution in [2.45, 2.75) is 19.9 Å². The number of nitrogens with zero attached hydrogens (tertiary/aromatic N) is 2. The zero-order valence-corrected chi connectivity index (χ0v) is 16.9. The highest BCUT2D eigenvalue weighted by Crippen LogP contribution is 2.26. The van der Waals surface area contributed by atoms with Crippen molar-refractivity contribution in [2.75, 3.05) is 12.3 Å². The summed E-state index contributed by atoms with van der Waals surface area (Å²) >= 11 is 0. The normalized spacial score (nSPS) is 10.4. The first-order valence-corrected chi connectivity index (χ1v) is 9.64. The highest BCUT2D eigenvalue weighted by atomic mass is 16.6. The van der Waals surface area contributed by atoms with Gasteiger partial charge >= 0.3 is 0 Å². The minimum Gasteiger partial charge on any atom is -0.494 e. The third kappa shape index (κ3) is 5.69. The molecule has 160 valence electrons. The van der Waals surface area contributed by atoms with Crippen LogP contribution in [-0.2, 0) is 6.54 Å². The van der Waals surface area contributed by atoms with Crippen LogP contribution in [0.25, 0.3) is 0 Å². The molecule has 9 nitrogen and oxygen atoms in total. The summed E-state index contributed by atoms with van der Waals surface area (Å²) in [7, 11) is 0. The van der Waals surface area contributed by atoms with E-state index in [1.54, 1.807) is 30.5 Å². The molecule has 0 aliphatic carbocycles. The van der Waals surface area contributed by atoms with Gasteiger partial charge < -0.3 is 20.5 Å². The van der Waals surface area contributed by atoms with Crippen LogP contribution >= 0.6 is 0 Å². The second-order valence-electron chi connectivity index (χ2n) is 6.60. The van der Waals surface area contributed by atoms with E-state index in [0.717, 1.165) is 18.2 Å². The predicted octanol–water partition coefficient (Wildman–Crippen LogP) is 4.08. The molecule has 0 radical (unpaired) electrons. The number of hydrogen-bond donors (Lipinski definition) is 2. The molecule has 0 aliphatic rings. The van der Waals surface area contributed by atoms with E-state index in [1.165, 1.54) is 12.1 Å². The number of ether oxygens (including phenoxy) is 2. The summed E-state index contributed by atoms with van der Waals surface area (Å²) in [5, 5.41) is 13.7. The molecule has 1 aromatic heterocycles. The van der Waals surface area contributed by atoms with Crippen molar-refractivity contribution in [1.29, 1.82) is 0 Å². The first kappa shape index (κ1) is 21.6. The van der Waals surface area contributed by atoms with Crippen molar-refractivity contribution in [3.63, 3.8) is 0 Å². The van der Waals surface area contributed by atoms with E-state index in [4.69, 9.17) is 15.2 Å². The minimum absolute atomic E-state index is 0.00407.